The number of ether oxygens (including phenoxy) is 1. The van der Waals surface area contributed by atoms with E-state index in [9.17, 15) is 0 Å². The first-order valence-corrected chi connectivity index (χ1v) is 14.8. The van der Waals surface area contributed by atoms with Gasteiger partial charge < -0.3 is 9.15 Å². The maximum atomic E-state index is 6.41. The fraction of sp³-hybridized carbons (Fsp3) is 0.0513. The molecule has 0 radical (unpaired) electrons. The van der Waals surface area contributed by atoms with Crippen LogP contribution in [0.25, 0.3) is 61.4 Å². The van der Waals surface area contributed by atoms with E-state index in [-0.39, 0.29) is 12.0 Å². The number of nitrogens with zero attached hydrogens (tertiary/aromatic N) is 3. The standard InChI is InChI=1S/C39H25N3O2/c1-3-11-24(12-4-1)27-22-31(36-29-16-8-10-18-33(29)44-35(36)23-27)39-41-37(25-13-5-2-6-14-25)40-38(42-39)26-19-20-34-30(21-26)28-15-7-9-17-32(28)43-34/h1-23,30,34H. The summed E-state index contributed by atoms with van der Waals surface area (Å²) in [5.74, 6) is 2.87. The van der Waals surface area contributed by atoms with Crippen LogP contribution in [0.1, 0.15) is 17.3 Å². The van der Waals surface area contributed by atoms with Crippen molar-refractivity contribution in [3.63, 3.8) is 0 Å². The average molecular weight is 568 g/mol. The molecule has 0 bridgehead atoms. The number of hydrogen-bond donors (Lipinski definition) is 0. The Balaban J connectivity index is 1.29. The van der Waals surface area contributed by atoms with Crippen LogP contribution in [0.15, 0.2) is 144 Å². The lowest BCUT2D eigenvalue weighted by atomic mass is 9.89. The third-order valence-corrected chi connectivity index (χ3v) is 8.47. The van der Waals surface area contributed by atoms with E-state index in [1.54, 1.807) is 0 Å². The topological polar surface area (TPSA) is 61.0 Å². The molecule has 2 aliphatic rings. The molecule has 0 saturated heterocycles. The zero-order chi connectivity index (χ0) is 29.0. The summed E-state index contributed by atoms with van der Waals surface area (Å²) in [6.45, 7) is 0. The largest absolute Gasteiger partial charge is 0.485 e. The molecule has 2 unspecified atom stereocenters. The van der Waals surface area contributed by atoms with Gasteiger partial charge in [-0.1, -0.05) is 109 Å². The minimum absolute atomic E-state index is 0.0366. The Bertz CT molecular complexity index is 2270. The fourth-order valence-electron chi connectivity index (χ4n) is 6.37. The summed E-state index contributed by atoms with van der Waals surface area (Å²) in [7, 11) is 0. The quantitative estimate of drug-likeness (QED) is 0.212. The zero-order valence-corrected chi connectivity index (χ0v) is 23.6. The number of aromatic nitrogens is 3. The second kappa shape index (κ2) is 9.89. The highest BCUT2D eigenvalue weighted by Gasteiger charge is 2.33. The maximum Gasteiger partial charge on any atom is 0.164 e. The molecule has 44 heavy (non-hydrogen) atoms. The summed E-state index contributed by atoms with van der Waals surface area (Å²) in [6.07, 6.45) is 6.38. The highest BCUT2D eigenvalue weighted by atomic mass is 16.5. The molecule has 0 fully saturated rings. The molecule has 5 heteroatoms. The summed E-state index contributed by atoms with van der Waals surface area (Å²) in [5, 5.41) is 2.02. The molecule has 2 atom stereocenters. The fourth-order valence-corrected chi connectivity index (χ4v) is 6.37. The lowest BCUT2D eigenvalue weighted by Crippen LogP contribution is -2.17. The highest BCUT2D eigenvalue weighted by molar-refractivity contribution is 6.13. The third-order valence-electron chi connectivity index (χ3n) is 8.47. The van der Waals surface area contributed by atoms with Crippen molar-refractivity contribution >= 4 is 27.5 Å². The number of rotatable bonds is 4. The van der Waals surface area contributed by atoms with Crippen LogP contribution in [0.5, 0.6) is 5.75 Å². The van der Waals surface area contributed by atoms with Crippen LogP contribution in [0.4, 0.5) is 0 Å². The van der Waals surface area contributed by atoms with Crippen molar-refractivity contribution in [2.45, 2.75) is 12.0 Å². The van der Waals surface area contributed by atoms with E-state index in [1.165, 1.54) is 5.56 Å². The first-order chi connectivity index (χ1) is 21.8. The molecule has 3 heterocycles. The van der Waals surface area contributed by atoms with Gasteiger partial charge >= 0.3 is 0 Å². The van der Waals surface area contributed by atoms with Gasteiger partial charge in [0.15, 0.2) is 17.5 Å². The molecule has 0 amide bonds. The van der Waals surface area contributed by atoms with Gasteiger partial charge in [-0.05, 0) is 41.5 Å². The molecule has 1 aliphatic carbocycles. The first-order valence-electron chi connectivity index (χ1n) is 14.8. The molecule has 0 N–H and O–H groups in total. The number of para-hydroxylation sites is 2. The van der Waals surface area contributed by atoms with Crippen LogP contribution in [-0.4, -0.2) is 21.1 Å². The smallest absolute Gasteiger partial charge is 0.164 e. The Kier molecular flexibility index (Phi) is 5.56. The van der Waals surface area contributed by atoms with E-state index in [0.29, 0.717) is 17.5 Å². The number of allylic oxidation sites excluding steroid dienone is 2. The number of fused-ring (bicyclic) bond motifs is 6. The van der Waals surface area contributed by atoms with Gasteiger partial charge in [-0.3, -0.25) is 0 Å². The van der Waals surface area contributed by atoms with Crippen LogP contribution >= 0.6 is 0 Å². The minimum Gasteiger partial charge on any atom is -0.485 e. The molecule has 9 rings (SSSR count). The molecule has 7 aromatic rings. The Morgan fingerprint density at radius 3 is 2.14 bits per heavy atom. The van der Waals surface area contributed by atoms with Gasteiger partial charge in [-0.2, -0.15) is 0 Å². The van der Waals surface area contributed by atoms with E-state index >= 15 is 0 Å². The number of hydrogen-bond acceptors (Lipinski definition) is 5. The molecule has 0 spiro atoms. The van der Waals surface area contributed by atoms with Crippen molar-refractivity contribution in [1.82, 2.24) is 15.0 Å². The van der Waals surface area contributed by atoms with Gasteiger partial charge in [-0.25, -0.2) is 15.0 Å². The third kappa shape index (κ3) is 4.05. The minimum atomic E-state index is -0.0366. The van der Waals surface area contributed by atoms with Crippen LogP contribution in [0.3, 0.4) is 0 Å². The van der Waals surface area contributed by atoms with Gasteiger partial charge in [0.05, 0.1) is 0 Å². The Labute approximate surface area is 253 Å². The lowest BCUT2D eigenvalue weighted by Gasteiger charge is -2.18. The normalized spacial score (nSPS) is 16.9. The number of benzene rings is 5. The van der Waals surface area contributed by atoms with Crippen molar-refractivity contribution in [1.29, 1.82) is 0 Å². The second-order valence-electron chi connectivity index (χ2n) is 11.2. The second-order valence-corrected chi connectivity index (χ2v) is 11.2. The molecule has 0 saturated carbocycles. The van der Waals surface area contributed by atoms with Gasteiger partial charge in [0.2, 0.25) is 0 Å². The van der Waals surface area contributed by atoms with Gasteiger partial charge in [0.1, 0.15) is 23.0 Å². The Morgan fingerprint density at radius 2 is 1.27 bits per heavy atom. The van der Waals surface area contributed by atoms with E-state index < -0.39 is 0 Å². The Hall–Kier alpha value is -5.81. The van der Waals surface area contributed by atoms with E-state index in [1.807, 2.05) is 78.9 Å². The predicted molar refractivity (Wildman–Crippen MR) is 174 cm³/mol. The average Bonchev–Trinajstić information content (AvgIpc) is 3.66. The van der Waals surface area contributed by atoms with Crippen LogP contribution < -0.4 is 4.74 Å². The van der Waals surface area contributed by atoms with Crippen molar-refractivity contribution in [3.8, 4) is 39.7 Å². The first kappa shape index (κ1) is 24.8. The SMILES string of the molecule is C1=CC2Oc3ccccc3C2C=C1c1nc(-c2ccccc2)nc(-c2cc(-c3ccccc3)cc3oc4ccccc4c23)n1. The van der Waals surface area contributed by atoms with Crippen molar-refractivity contribution in [3.05, 3.63) is 151 Å². The molecular formula is C39H25N3O2. The van der Waals surface area contributed by atoms with Crippen LogP contribution in [-0.2, 0) is 0 Å². The molecule has 5 aromatic carbocycles. The van der Waals surface area contributed by atoms with Gasteiger partial charge in [-0.15, -0.1) is 0 Å². The predicted octanol–water partition coefficient (Wildman–Crippen LogP) is 9.27. The highest BCUT2D eigenvalue weighted by Crippen LogP contribution is 2.44. The van der Waals surface area contributed by atoms with E-state index in [4.69, 9.17) is 24.1 Å². The summed E-state index contributed by atoms with van der Waals surface area (Å²) in [5.41, 5.74) is 7.71. The maximum absolute atomic E-state index is 6.41. The molecule has 5 nitrogen and oxygen atoms in total. The molecule has 2 aromatic heterocycles. The Morgan fingerprint density at radius 1 is 0.568 bits per heavy atom. The number of furan rings is 1. The monoisotopic (exact) mass is 567 g/mol. The van der Waals surface area contributed by atoms with E-state index in [0.717, 1.165) is 55.5 Å². The van der Waals surface area contributed by atoms with Gasteiger partial charge in [0, 0.05) is 39.0 Å². The molecular weight excluding hydrogens is 542 g/mol. The summed E-state index contributed by atoms with van der Waals surface area (Å²) >= 11 is 0. The zero-order valence-electron chi connectivity index (χ0n) is 23.6. The lowest BCUT2D eigenvalue weighted by molar-refractivity contribution is 0.269. The van der Waals surface area contributed by atoms with Crippen molar-refractivity contribution in [2.24, 2.45) is 0 Å². The summed E-state index contributed by atoms with van der Waals surface area (Å²) < 4.78 is 12.6. The van der Waals surface area contributed by atoms with Crippen LogP contribution in [0.2, 0.25) is 0 Å². The van der Waals surface area contributed by atoms with Crippen molar-refractivity contribution < 1.29 is 9.15 Å². The van der Waals surface area contributed by atoms with E-state index in [2.05, 4.69) is 60.7 Å². The summed E-state index contributed by atoms with van der Waals surface area (Å²) in [4.78, 5) is 15.3. The molecule has 208 valence electrons. The van der Waals surface area contributed by atoms with Crippen molar-refractivity contribution in [2.75, 3.05) is 0 Å². The summed E-state index contributed by atoms with van der Waals surface area (Å²) in [6, 6.07) is 41.1. The van der Waals surface area contributed by atoms with Gasteiger partial charge in [0.25, 0.3) is 0 Å². The van der Waals surface area contributed by atoms with Crippen LogP contribution in [0, 0.1) is 0 Å². The molecule has 1 aliphatic heterocycles.